The summed E-state index contributed by atoms with van der Waals surface area (Å²) in [5, 5.41) is 3.42. The molecule has 0 amide bonds. The first-order chi connectivity index (χ1) is 30.2. The molecule has 0 radical (unpaired) electrons. The SMILES string of the molecule is CCCCCC=CCC=CCCCCCCCCOCC(CNCC)OCCOCCOCCO[C@H]1CC[C@@]2(C)C(=CC[C@H]3[C@@H]4CC[C@H]([C@H](C)CCCC(C)C)[C@@]4(C)CC[C@@H]32)C1. The third-order valence-electron chi connectivity index (χ3n) is 16.2. The number of ether oxygens (including phenoxy) is 5. The van der Waals surface area contributed by atoms with Crippen LogP contribution in [0.5, 0.6) is 0 Å². The van der Waals surface area contributed by atoms with Gasteiger partial charge in [-0.25, -0.2) is 0 Å². The Hall–Kier alpha value is -1.02. The smallest absolute Gasteiger partial charge is 0.0933 e. The van der Waals surface area contributed by atoms with Gasteiger partial charge in [-0.1, -0.05) is 142 Å². The van der Waals surface area contributed by atoms with Crippen LogP contribution < -0.4 is 5.32 Å². The third kappa shape index (κ3) is 18.3. The van der Waals surface area contributed by atoms with Crippen LogP contribution in [0.1, 0.15) is 196 Å². The predicted molar refractivity (Wildman–Crippen MR) is 263 cm³/mol. The summed E-state index contributed by atoms with van der Waals surface area (Å²) in [6, 6.07) is 0. The quantitative estimate of drug-likeness (QED) is 0.0500. The summed E-state index contributed by atoms with van der Waals surface area (Å²) in [6.07, 6.45) is 42.6. The number of allylic oxidation sites excluding steroid dienone is 5. The van der Waals surface area contributed by atoms with E-state index in [2.05, 4.69) is 84.2 Å². The van der Waals surface area contributed by atoms with E-state index in [1.165, 1.54) is 128 Å². The Bertz CT molecular complexity index is 1230. The molecule has 360 valence electrons. The van der Waals surface area contributed by atoms with Crippen molar-refractivity contribution in [3.8, 4) is 0 Å². The first kappa shape index (κ1) is 53.6. The number of hydrogen-bond acceptors (Lipinski definition) is 6. The maximum absolute atomic E-state index is 6.44. The van der Waals surface area contributed by atoms with Crippen molar-refractivity contribution < 1.29 is 23.7 Å². The molecule has 62 heavy (non-hydrogen) atoms. The Morgan fingerprint density at radius 1 is 0.694 bits per heavy atom. The molecule has 0 aromatic rings. The number of nitrogens with one attached hydrogen (secondary N) is 1. The number of rotatable bonds is 36. The first-order valence-electron chi connectivity index (χ1n) is 26.9. The van der Waals surface area contributed by atoms with Crippen LogP contribution in [0.4, 0.5) is 0 Å². The zero-order chi connectivity index (χ0) is 44.3. The maximum Gasteiger partial charge on any atom is 0.0933 e. The zero-order valence-electron chi connectivity index (χ0n) is 41.9. The van der Waals surface area contributed by atoms with Crippen LogP contribution in [0, 0.1) is 46.3 Å². The molecule has 3 saturated carbocycles. The van der Waals surface area contributed by atoms with Crippen LogP contribution in [0.3, 0.4) is 0 Å². The average Bonchev–Trinajstić information content (AvgIpc) is 3.62. The van der Waals surface area contributed by atoms with E-state index in [9.17, 15) is 0 Å². The molecule has 3 fully saturated rings. The van der Waals surface area contributed by atoms with Crippen LogP contribution >= 0.6 is 0 Å². The number of fused-ring (bicyclic) bond motifs is 5. The van der Waals surface area contributed by atoms with Gasteiger partial charge >= 0.3 is 0 Å². The fourth-order valence-corrected chi connectivity index (χ4v) is 12.5. The minimum absolute atomic E-state index is 0.0524. The van der Waals surface area contributed by atoms with E-state index >= 15 is 0 Å². The van der Waals surface area contributed by atoms with Gasteiger partial charge in [0.15, 0.2) is 0 Å². The highest BCUT2D eigenvalue weighted by molar-refractivity contribution is 5.25. The first-order valence-corrected chi connectivity index (χ1v) is 26.9. The Labute approximate surface area is 384 Å². The molecule has 6 nitrogen and oxygen atoms in total. The number of likely N-dealkylation sites (N-methyl/N-ethyl adjacent to an activating group) is 1. The lowest BCUT2D eigenvalue weighted by Crippen LogP contribution is -2.51. The van der Waals surface area contributed by atoms with Crippen molar-refractivity contribution in [3.05, 3.63) is 36.0 Å². The highest BCUT2D eigenvalue weighted by atomic mass is 16.6. The van der Waals surface area contributed by atoms with Gasteiger partial charge in [0.25, 0.3) is 0 Å². The normalized spacial score (nSPS) is 28.4. The van der Waals surface area contributed by atoms with Gasteiger partial charge in [0.2, 0.25) is 0 Å². The molecule has 0 aliphatic heterocycles. The van der Waals surface area contributed by atoms with E-state index in [4.69, 9.17) is 23.7 Å². The van der Waals surface area contributed by atoms with E-state index < -0.39 is 0 Å². The molecule has 4 aliphatic carbocycles. The molecular formula is C56H101NO5. The summed E-state index contributed by atoms with van der Waals surface area (Å²) in [7, 11) is 0. The van der Waals surface area contributed by atoms with Crippen LogP contribution in [0.2, 0.25) is 0 Å². The maximum atomic E-state index is 6.44. The van der Waals surface area contributed by atoms with Crippen molar-refractivity contribution in [3.63, 3.8) is 0 Å². The van der Waals surface area contributed by atoms with Gasteiger partial charge in [0.05, 0.1) is 58.5 Å². The van der Waals surface area contributed by atoms with Gasteiger partial charge in [-0.15, -0.1) is 0 Å². The Kier molecular flexibility index (Phi) is 26.8. The number of unbranched alkanes of at least 4 members (excludes halogenated alkanes) is 9. The summed E-state index contributed by atoms with van der Waals surface area (Å²) < 4.78 is 30.4. The average molecular weight is 868 g/mol. The summed E-state index contributed by atoms with van der Waals surface area (Å²) in [5.41, 5.74) is 2.66. The molecular weight excluding hydrogens is 767 g/mol. The van der Waals surface area contributed by atoms with Crippen molar-refractivity contribution in [2.24, 2.45) is 46.3 Å². The van der Waals surface area contributed by atoms with Crippen LogP contribution in [-0.2, 0) is 23.7 Å². The molecule has 9 atom stereocenters. The zero-order valence-corrected chi connectivity index (χ0v) is 41.9. The topological polar surface area (TPSA) is 58.2 Å². The van der Waals surface area contributed by atoms with Crippen LogP contribution in [0.15, 0.2) is 36.0 Å². The Balaban J connectivity index is 0.977. The second-order valence-electron chi connectivity index (χ2n) is 21.2. The summed E-state index contributed by atoms with van der Waals surface area (Å²) in [6.45, 7) is 23.9. The highest BCUT2D eigenvalue weighted by Gasteiger charge is 2.59. The van der Waals surface area contributed by atoms with Gasteiger partial charge in [0.1, 0.15) is 0 Å². The van der Waals surface area contributed by atoms with Crippen molar-refractivity contribution in [1.29, 1.82) is 0 Å². The second kappa shape index (κ2) is 31.0. The standard InChI is InChI=1S/C56H101NO5/c1-8-10-11-12-13-14-15-16-17-18-19-20-21-22-23-24-36-60-45-50(44-57-9-2)62-42-40-59-38-37-58-39-41-61-49-32-34-55(6)48(43-49)28-29-51-53-31-30-52(47(5)27-25-26-46(3)4)56(53,7)35-33-54(51)55/h13-14,16-17,28,46-47,49-54,57H,8-12,15,18-27,29-45H2,1-7H3/t47-,49+,50?,51+,52-,53+,54+,55+,56-/m1/s1. The lowest BCUT2D eigenvalue weighted by Gasteiger charge is -2.58. The monoisotopic (exact) mass is 868 g/mol. The minimum atomic E-state index is 0.0524. The fourth-order valence-electron chi connectivity index (χ4n) is 12.5. The summed E-state index contributed by atoms with van der Waals surface area (Å²) in [5.74, 6) is 5.34. The molecule has 4 rings (SSSR count). The second-order valence-corrected chi connectivity index (χ2v) is 21.2. The minimum Gasteiger partial charge on any atom is -0.379 e. The van der Waals surface area contributed by atoms with E-state index in [1.807, 2.05) is 0 Å². The molecule has 0 aromatic heterocycles. The van der Waals surface area contributed by atoms with Crippen molar-refractivity contribution >= 4 is 0 Å². The molecule has 0 saturated heterocycles. The molecule has 0 aromatic carbocycles. The van der Waals surface area contributed by atoms with E-state index in [0.29, 0.717) is 63.2 Å². The molecule has 4 aliphatic rings. The molecule has 0 heterocycles. The Morgan fingerprint density at radius 3 is 2.15 bits per heavy atom. The van der Waals surface area contributed by atoms with E-state index in [-0.39, 0.29) is 6.10 Å². The van der Waals surface area contributed by atoms with E-state index in [1.54, 1.807) is 5.57 Å². The molecule has 1 N–H and O–H groups in total. The van der Waals surface area contributed by atoms with Gasteiger partial charge in [-0.2, -0.15) is 0 Å². The molecule has 0 spiro atoms. The fraction of sp³-hybridized carbons (Fsp3) is 0.893. The summed E-state index contributed by atoms with van der Waals surface area (Å²) in [4.78, 5) is 0. The highest BCUT2D eigenvalue weighted by Crippen LogP contribution is 2.67. The molecule has 0 bridgehead atoms. The largest absolute Gasteiger partial charge is 0.379 e. The van der Waals surface area contributed by atoms with Crippen molar-refractivity contribution in [1.82, 2.24) is 5.32 Å². The lowest BCUT2D eigenvalue weighted by atomic mass is 9.47. The summed E-state index contributed by atoms with van der Waals surface area (Å²) >= 11 is 0. The number of hydrogen-bond donors (Lipinski definition) is 1. The Morgan fingerprint density at radius 2 is 1.40 bits per heavy atom. The third-order valence-corrected chi connectivity index (χ3v) is 16.2. The molecule has 6 heteroatoms. The van der Waals surface area contributed by atoms with Crippen LogP contribution in [-0.4, -0.2) is 78.2 Å². The van der Waals surface area contributed by atoms with Gasteiger partial charge in [-0.3, -0.25) is 0 Å². The van der Waals surface area contributed by atoms with Gasteiger partial charge in [-0.05, 0) is 143 Å². The van der Waals surface area contributed by atoms with Gasteiger partial charge < -0.3 is 29.0 Å². The predicted octanol–water partition coefficient (Wildman–Crippen LogP) is 14.3. The molecule has 1 unspecified atom stereocenters. The van der Waals surface area contributed by atoms with Gasteiger partial charge in [0, 0.05) is 13.2 Å². The van der Waals surface area contributed by atoms with Crippen molar-refractivity contribution in [2.75, 3.05) is 65.9 Å². The van der Waals surface area contributed by atoms with Crippen LogP contribution in [0.25, 0.3) is 0 Å². The van der Waals surface area contributed by atoms with E-state index in [0.717, 1.165) is 74.5 Å². The van der Waals surface area contributed by atoms with Crippen molar-refractivity contribution in [2.45, 2.75) is 208 Å². The lowest BCUT2D eigenvalue weighted by molar-refractivity contribution is -0.0699.